The zero-order chi connectivity index (χ0) is 23.2. The predicted molar refractivity (Wildman–Crippen MR) is 129 cm³/mol. The molecule has 0 bridgehead atoms. The number of fused-ring (bicyclic) bond motifs is 1. The van der Waals surface area contributed by atoms with Gasteiger partial charge < -0.3 is 19.8 Å². The van der Waals surface area contributed by atoms with Crippen molar-refractivity contribution in [2.24, 2.45) is 5.10 Å². The lowest BCUT2D eigenvalue weighted by Gasteiger charge is -2.20. The number of nitrogens with zero attached hydrogens (tertiary/aromatic N) is 2. The van der Waals surface area contributed by atoms with Gasteiger partial charge in [-0.2, -0.15) is 5.10 Å². The molecule has 1 heterocycles. The van der Waals surface area contributed by atoms with E-state index in [4.69, 9.17) is 16.3 Å². The van der Waals surface area contributed by atoms with E-state index < -0.39 is 12.0 Å². The molecule has 1 aliphatic rings. The zero-order valence-electron chi connectivity index (χ0n) is 18.1. The van der Waals surface area contributed by atoms with E-state index in [9.17, 15) is 15.0 Å². The van der Waals surface area contributed by atoms with Crippen LogP contribution in [0, 0.1) is 0 Å². The summed E-state index contributed by atoms with van der Waals surface area (Å²) in [4.78, 5) is 14.5. The molecule has 0 spiro atoms. The summed E-state index contributed by atoms with van der Waals surface area (Å²) in [6.45, 7) is 2.91. The van der Waals surface area contributed by atoms with Crippen LogP contribution in [-0.4, -0.2) is 59.6 Å². The van der Waals surface area contributed by atoms with Crippen molar-refractivity contribution < 1.29 is 19.7 Å². The number of hydrazone groups is 1. The van der Waals surface area contributed by atoms with Crippen LogP contribution in [0.5, 0.6) is 11.5 Å². The Kier molecular flexibility index (Phi) is 7.44. The molecule has 1 unspecified atom stereocenters. The number of β-amino-alcohol motifs (C(OH)–C–C–N with tert-alkyl or cyclic N) is 1. The Labute approximate surface area is 197 Å². The van der Waals surface area contributed by atoms with Crippen molar-refractivity contribution in [3.63, 3.8) is 0 Å². The fourth-order valence-corrected chi connectivity index (χ4v) is 4.09. The Morgan fingerprint density at radius 2 is 1.91 bits per heavy atom. The molecule has 4 rings (SSSR count). The lowest BCUT2D eigenvalue weighted by atomic mass is 10.0. The van der Waals surface area contributed by atoms with Crippen molar-refractivity contribution >= 4 is 34.5 Å². The number of likely N-dealkylation sites (tertiary alicyclic amines) is 1. The minimum Gasteiger partial charge on any atom is -0.506 e. The first kappa shape index (κ1) is 23.0. The Morgan fingerprint density at radius 3 is 2.67 bits per heavy atom. The highest BCUT2D eigenvalue weighted by molar-refractivity contribution is 6.32. The first-order chi connectivity index (χ1) is 16.0. The van der Waals surface area contributed by atoms with E-state index in [2.05, 4.69) is 15.4 Å². The van der Waals surface area contributed by atoms with E-state index in [1.807, 2.05) is 36.4 Å². The highest BCUT2D eigenvalue weighted by atomic mass is 35.5. The van der Waals surface area contributed by atoms with E-state index in [-0.39, 0.29) is 22.9 Å². The second kappa shape index (κ2) is 10.7. The van der Waals surface area contributed by atoms with Crippen LogP contribution in [0.15, 0.2) is 59.7 Å². The Hall–Kier alpha value is -3.13. The number of ether oxygens (including phenoxy) is 1. The molecule has 1 fully saturated rings. The molecule has 3 aromatic carbocycles. The predicted octanol–water partition coefficient (Wildman–Crippen LogP) is 3.80. The number of phenolic OH excluding ortho intramolecular Hbond substituents is 1. The molecule has 3 aromatic rings. The second-order valence-corrected chi connectivity index (χ2v) is 8.44. The summed E-state index contributed by atoms with van der Waals surface area (Å²) in [7, 11) is 0. The fourth-order valence-electron chi connectivity index (χ4n) is 3.91. The quantitative estimate of drug-likeness (QED) is 0.346. The van der Waals surface area contributed by atoms with Crippen LogP contribution < -0.4 is 10.2 Å². The number of hydrogen-bond acceptors (Lipinski definition) is 6. The van der Waals surface area contributed by atoms with Gasteiger partial charge in [0.2, 0.25) is 0 Å². The van der Waals surface area contributed by atoms with Gasteiger partial charge in [-0.15, -0.1) is 0 Å². The fraction of sp³-hybridized carbons (Fsp3) is 0.280. The van der Waals surface area contributed by atoms with E-state index in [1.165, 1.54) is 31.0 Å². The van der Waals surface area contributed by atoms with Crippen molar-refractivity contribution in [2.75, 3.05) is 26.2 Å². The number of aliphatic hydroxyl groups is 1. The SMILES string of the molecule is O=C(NN=Cc1ccc(OCC(O)CN2CCCC2)c2ccccc12)c1ccc(O)c(Cl)c1. The Balaban J connectivity index is 1.43. The molecule has 1 amide bonds. The van der Waals surface area contributed by atoms with Gasteiger partial charge in [0, 0.05) is 23.1 Å². The van der Waals surface area contributed by atoms with Gasteiger partial charge in [0.15, 0.2) is 0 Å². The van der Waals surface area contributed by atoms with Crippen LogP contribution in [0.1, 0.15) is 28.8 Å². The average Bonchev–Trinajstić information content (AvgIpc) is 3.33. The van der Waals surface area contributed by atoms with Gasteiger partial charge >= 0.3 is 0 Å². The van der Waals surface area contributed by atoms with E-state index >= 15 is 0 Å². The topological polar surface area (TPSA) is 94.4 Å². The lowest BCUT2D eigenvalue weighted by Crippen LogP contribution is -2.33. The van der Waals surface area contributed by atoms with Gasteiger partial charge in [0.1, 0.15) is 24.2 Å². The van der Waals surface area contributed by atoms with Crippen LogP contribution in [0.4, 0.5) is 0 Å². The molecule has 1 saturated heterocycles. The lowest BCUT2D eigenvalue weighted by molar-refractivity contribution is 0.0764. The van der Waals surface area contributed by atoms with Gasteiger partial charge in [-0.1, -0.05) is 35.9 Å². The molecule has 1 aliphatic heterocycles. The summed E-state index contributed by atoms with van der Waals surface area (Å²) in [5.41, 5.74) is 3.56. The molecule has 0 aliphatic carbocycles. The largest absolute Gasteiger partial charge is 0.506 e. The van der Waals surface area contributed by atoms with E-state index in [1.54, 1.807) is 6.21 Å². The average molecular weight is 468 g/mol. The standard InChI is InChI=1S/C25H26ClN3O4/c26-22-13-17(7-9-23(22)31)25(32)28-27-14-18-8-10-24(21-6-2-1-5-20(18)21)33-16-19(30)15-29-11-3-4-12-29/h1-2,5-10,13-14,19,30-31H,3-4,11-12,15-16H2,(H,28,32). The monoisotopic (exact) mass is 467 g/mol. The minimum absolute atomic E-state index is 0.0888. The highest BCUT2D eigenvalue weighted by Gasteiger charge is 2.16. The summed E-state index contributed by atoms with van der Waals surface area (Å²) in [6, 6.07) is 15.6. The number of carbonyl (C=O) groups excluding carboxylic acids is 1. The van der Waals surface area contributed by atoms with Gasteiger partial charge in [0.05, 0.1) is 11.2 Å². The molecule has 1 atom stereocenters. The normalized spacial score (nSPS) is 15.2. The molecule has 33 heavy (non-hydrogen) atoms. The van der Waals surface area contributed by atoms with Crippen molar-refractivity contribution in [3.8, 4) is 11.5 Å². The van der Waals surface area contributed by atoms with Crippen LogP contribution in [-0.2, 0) is 0 Å². The number of hydrogen-bond donors (Lipinski definition) is 3. The summed E-state index contributed by atoms with van der Waals surface area (Å²) in [5.74, 6) is 0.157. The van der Waals surface area contributed by atoms with Gasteiger partial charge in [-0.25, -0.2) is 5.43 Å². The molecule has 172 valence electrons. The van der Waals surface area contributed by atoms with Crippen molar-refractivity contribution in [1.29, 1.82) is 0 Å². The number of halogens is 1. The smallest absolute Gasteiger partial charge is 0.271 e. The molecule has 7 nitrogen and oxygen atoms in total. The van der Waals surface area contributed by atoms with Crippen LogP contribution in [0.3, 0.4) is 0 Å². The number of benzene rings is 3. The molecule has 0 aromatic heterocycles. The van der Waals surface area contributed by atoms with Crippen LogP contribution in [0.2, 0.25) is 5.02 Å². The van der Waals surface area contributed by atoms with E-state index in [0.717, 1.165) is 29.4 Å². The van der Waals surface area contributed by atoms with Crippen LogP contribution in [0.25, 0.3) is 10.8 Å². The zero-order valence-corrected chi connectivity index (χ0v) is 18.8. The maximum Gasteiger partial charge on any atom is 0.271 e. The molecule has 0 saturated carbocycles. The number of carbonyl (C=O) groups is 1. The maximum absolute atomic E-state index is 12.3. The first-order valence-electron chi connectivity index (χ1n) is 10.9. The maximum atomic E-state index is 12.3. The third-order valence-electron chi connectivity index (χ3n) is 5.60. The number of rotatable bonds is 8. The third kappa shape index (κ3) is 5.82. The molecular formula is C25H26ClN3O4. The van der Waals surface area contributed by atoms with Gasteiger partial charge in [-0.3, -0.25) is 4.79 Å². The van der Waals surface area contributed by atoms with Crippen LogP contribution >= 0.6 is 11.6 Å². The summed E-state index contributed by atoms with van der Waals surface area (Å²) in [6.07, 6.45) is 3.38. The number of aliphatic hydroxyl groups excluding tert-OH is 1. The van der Waals surface area contributed by atoms with Crippen molar-refractivity contribution in [1.82, 2.24) is 10.3 Å². The Bertz CT molecular complexity index is 1160. The molecule has 8 heteroatoms. The van der Waals surface area contributed by atoms with Crippen molar-refractivity contribution in [2.45, 2.75) is 18.9 Å². The third-order valence-corrected chi connectivity index (χ3v) is 5.90. The number of nitrogens with one attached hydrogen (secondary N) is 1. The summed E-state index contributed by atoms with van der Waals surface area (Å²) < 4.78 is 5.94. The Morgan fingerprint density at radius 1 is 1.15 bits per heavy atom. The number of amides is 1. The van der Waals surface area contributed by atoms with E-state index in [0.29, 0.717) is 12.3 Å². The number of phenols is 1. The summed E-state index contributed by atoms with van der Waals surface area (Å²) >= 11 is 5.86. The van der Waals surface area contributed by atoms with Gasteiger partial charge in [-0.05, 0) is 61.6 Å². The summed E-state index contributed by atoms with van der Waals surface area (Å²) in [5, 5.41) is 25.8. The first-order valence-corrected chi connectivity index (χ1v) is 11.3. The van der Waals surface area contributed by atoms with Gasteiger partial charge in [0.25, 0.3) is 5.91 Å². The molecule has 0 radical (unpaired) electrons. The second-order valence-electron chi connectivity index (χ2n) is 8.04. The molecule has 3 N–H and O–H groups in total. The van der Waals surface area contributed by atoms with Crippen molar-refractivity contribution in [3.05, 3.63) is 70.7 Å². The number of aromatic hydroxyl groups is 1. The molecular weight excluding hydrogens is 442 g/mol. The minimum atomic E-state index is -0.549. The highest BCUT2D eigenvalue weighted by Crippen LogP contribution is 2.28.